The van der Waals surface area contributed by atoms with Crippen LogP contribution in [-0.2, 0) is 9.53 Å². The van der Waals surface area contributed by atoms with E-state index in [-0.39, 0.29) is 39.6 Å². The summed E-state index contributed by atoms with van der Waals surface area (Å²) < 4.78 is 21.6. The zero-order valence-corrected chi connectivity index (χ0v) is 25.1. The summed E-state index contributed by atoms with van der Waals surface area (Å²) in [5.74, 6) is 0.157. The molecule has 0 saturated carbocycles. The van der Waals surface area contributed by atoms with Gasteiger partial charge in [0.05, 0.1) is 34.1 Å². The van der Waals surface area contributed by atoms with Gasteiger partial charge < -0.3 is 14.5 Å². The molecule has 4 aromatic rings. The first-order valence-electron chi connectivity index (χ1n) is 14.7. The lowest BCUT2D eigenvalue weighted by Gasteiger charge is -2.54. The highest BCUT2D eigenvalue weighted by molar-refractivity contribution is 6.33. The maximum absolute atomic E-state index is 15.0. The molecule has 0 radical (unpaired) electrons. The molecule has 7 rings (SSSR count). The summed E-state index contributed by atoms with van der Waals surface area (Å²) in [5.41, 5.74) is 2.64. The number of amides is 1. The second-order valence-electron chi connectivity index (χ2n) is 12.2. The number of nitrogens with zero attached hydrogens (tertiary/aromatic N) is 6. The van der Waals surface area contributed by atoms with Crippen LogP contribution in [0.1, 0.15) is 43.9 Å². The van der Waals surface area contributed by atoms with E-state index in [9.17, 15) is 14.0 Å². The molecule has 11 heteroatoms. The van der Waals surface area contributed by atoms with Crippen LogP contribution in [0, 0.1) is 18.2 Å². The van der Waals surface area contributed by atoms with Gasteiger partial charge in [0, 0.05) is 43.4 Å². The van der Waals surface area contributed by atoms with Crippen LogP contribution >= 0.6 is 11.6 Å². The van der Waals surface area contributed by atoms with Crippen molar-refractivity contribution >= 4 is 34.4 Å². The number of piperidine rings is 1. The predicted molar refractivity (Wildman–Crippen MR) is 162 cm³/mol. The van der Waals surface area contributed by atoms with Gasteiger partial charge in [-0.1, -0.05) is 37.6 Å². The van der Waals surface area contributed by atoms with E-state index in [1.165, 1.54) is 10.6 Å². The largest absolute Gasteiger partial charge is 0.363 e. The second kappa shape index (κ2) is 10.4. The van der Waals surface area contributed by atoms with E-state index >= 15 is 0 Å². The fourth-order valence-electron chi connectivity index (χ4n) is 6.50. The average Bonchev–Trinajstić information content (AvgIpc) is 3.82. The minimum absolute atomic E-state index is 0.0218. The molecular formula is C32H32ClFN6O3. The predicted octanol–water partition coefficient (Wildman–Crippen LogP) is 4.89. The van der Waals surface area contributed by atoms with Crippen LogP contribution in [0.15, 0.2) is 47.4 Å². The molecule has 3 aliphatic heterocycles. The van der Waals surface area contributed by atoms with Gasteiger partial charge in [-0.3, -0.25) is 9.78 Å². The van der Waals surface area contributed by atoms with Gasteiger partial charge in [-0.2, -0.15) is 4.98 Å². The molecule has 0 bridgehead atoms. The number of aromatic nitrogens is 4. The summed E-state index contributed by atoms with van der Waals surface area (Å²) in [4.78, 5) is 44.5. The molecule has 9 nitrogen and oxygen atoms in total. The number of carbonyl (C=O) groups excluding carboxylic acids is 1. The van der Waals surface area contributed by atoms with Gasteiger partial charge in [-0.25, -0.2) is 18.7 Å². The van der Waals surface area contributed by atoms with Crippen molar-refractivity contribution in [1.29, 1.82) is 0 Å². The number of anilines is 1. The molecule has 6 heterocycles. The van der Waals surface area contributed by atoms with Gasteiger partial charge in [-0.15, -0.1) is 0 Å². The van der Waals surface area contributed by atoms with Crippen LogP contribution in [0.2, 0.25) is 5.02 Å². The van der Waals surface area contributed by atoms with Gasteiger partial charge in [0.15, 0.2) is 11.8 Å². The van der Waals surface area contributed by atoms with Crippen molar-refractivity contribution in [3.05, 3.63) is 75.2 Å². The van der Waals surface area contributed by atoms with Crippen molar-refractivity contribution in [2.75, 3.05) is 37.7 Å². The molecule has 3 aliphatic rings. The molecule has 0 aliphatic carbocycles. The Labute approximate surface area is 253 Å². The Balaban J connectivity index is 1.34. The molecule has 1 unspecified atom stereocenters. The monoisotopic (exact) mass is 602 g/mol. The summed E-state index contributed by atoms with van der Waals surface area (Å²) in [6, 6.07) is 9.92. The molecule has 3 fully saturated rings. The Bertz CT molecular complexity index is 1820. The lowest BCUT2D eigenvalue weighted by atomic mass is 9.72. The van der Waals surface area contributed by atoms with Crippen LogP contribution in [0.25, 0.3) is 28.0 Å². The summed E-state index contributed by atoms with van der Waals surface area (Å²) in [6.07, 6.45) is 3.20. The van der Waals surface area contributed by atoms with E-state index < -0.39 is 11.5 Å². The minimum atomic E-state index is -0.486. The van der Waals surface area contributed by atoms with Crippen molar-refractivity contribution in [2.24, 2.45) is 5.41 Å². The number of hydrogen-bond donors (Lipinski definition) is 0. The molecule has 43 heavy (non-hydrogen) atoms. The zero-order valence-electron chi connectivity index (χ0n) is 24.3. The zero-order chi connectivity index (χ0) is 30.0. The number of epoxide rings is 1. The summed E-state index contributed by atoms with van der Waals surface area (Å²) in [6.45, 7) is 9.28. The third-order valence-electron chi connectivity index (χ3n) is 8.95. The maximum Gasteiger partial charge on any atom is 0.355 e. The van der Waals surface area contributed by atoms with E-state index in [4.69, 9.17) is 21.3 Å². The van der Waals surface area contributed by atoms with Gasteiger partial charge >= 0.3 is 5.69 Å². The number of ether oxygens (including phenoxy) is 1. The van der Waals surface area contributed by atoms with Crippen LogP contribution in [0.5, 0.6) is 0 Å². The summed E-state index contributed by atoms with van der Waals surface area (Å²) in [7, 11) is 0. The highest BCUT2D eigenvalue weighted by atomic mass is 35.5. The highest BCUT2D eigenvalue weighted by Gasteiger charge is 2.50. The fourth-order valence-corrected chi connectivity index (χ4v) is 6.75. The number of rotatable bonds is 5. The Kier molecular flexibility index (Phi) is 6.74. The van der Waals surface area contributed by atoms with Crippen molar-refractivity contribution < 1.29 is 13.9 Å². The summed E-state index contributed by atoms with van der Waals surface area (Å²) >= 11 is 6.80. The fraction of sp³-hybridized carbons (Fsp3) is 0.406. The molecular weight excluding hydrogens is 571 g/mol. The first kappa shape index (κ1) is 27.9. The lowest BCUT2D eigenvalue weighted by molar-refractivity contribution is -0.146. The van der Waals surface area contributed by atoms with E-state index in [1.807, 2.05) is 31.7 Å². The van der Waals surface area contributed by atoms with E-state index in [0.29, 0.717) is 42.2 Å². The number of halogens is 2. The number of carbonyl (C=O) groups is 1. The minimum Gasteiger partial charge on any atom is -0.363 e. The van der Waals surface area contributed by atoms with Gasteiger partial charge in [-0.05, 0) is 55.5 Å². The van der Waals surface area contributed by atoms with E-state index in [1.54, 1.807) is 30.5 Å². The molecule has 1 aromatic carbocycles. The third kappa shape index (κ3) is 4.77. The van der Waals surface area contributed by atoms with Gasteiger partial charge in [0.2, 0.25) is 0 Å². The Morgan fingerprint density at radius 2 is 1.86 bits per heavy atom. The topological polar surface area (TPSA) is 96.8 Å². The highest BCUT2D eigenvalue weighted by Crippen LogP contribution is 2.43. The Morgan fingerprint density at radius 3 is 2.53 bits per heavy atom. The second-order valence-corrected chi connectivity index (χ2v) is 12.7. The lowest BCUT2D eigenvalue weighted by Crippen LogP contribution is -2.62. The number of aryl methyl sites for hydroxylation is 1. The molecule has 222 valence electrons. The van der Waals surface area contributed by atoms with Crippen molar-refractivity contribution in [3.63, 3.8) is 0 Å². The molecule has 1 atom stereocenters. The third-order valence-corrected chi connectivity index (χ3v) is 9.24. The van der Waals surface area contributed by atoms with Crippen LogP contribution in [-0.4, -0.2) is 69.2 Å². The molecule has 1 spiro atoms. The molecule has 3 aromatic heterocycles. The quantitative estimate of drug-likeness (QED) is 0.300. The standard InChI is InChI=1S/C32H32ClFN6O3/c1-18(2)25-27(19(3)8-11-35-25)40-29-21(14-22(33)26(36-29)20-6-4-5-7-23(20)34)28(37-31(40)42)38-12-9-32(10-13-38)16-39(17-32)30(41)24-15-43-24/h4-8,11,14,18,24H,9-10,12-13,15-17H2,1-3H3. The smallest absolute Gasteiger partial charge is 0.355 e. The normalized spacial score (nSPS) is 19.3. The van der Waals surface area contributed by atoms with Crippen molar-refractivity contribution in [2.45, 2.75) is 45.6 Å². The number of likely N-dealkylation sites (tertiary alicyclic amines) is 1. The Hall–Kier alpha value is -3.89. The molecule has 3 saturated heterocycles. The number of pyridine rings is 2. The number of hydrogen-bond acceptors (Lipinski definition) is 7. The molecule has 0 N–H and O–H groups in total. The first-order valence-corrected chi connectivity index (χ1v) is 15.0. The van der Waals surface area contributed by atoms with Gasteiger partial charge in [0.1, 0.15) is 11.6 Å². The van der Waals surface area contributed by atoms with E-state index in [0.717, 1.165) is 37.2 Å². The van der Waals surface area contributed by atoms with Crippen LogP contribution in [0.3, 0.4) is 0 Å². The average molecular weight is 603 g/mol. The maximum atomic E-state index is 15.0. The van der Waals surface area contributed by atoms with Crippen LogP contribution in [0.4, 0.5) is 10.2 Å². The summed E-state index contributed by atoms with van der Waals surface area (Å²) in [5, 5.41) is 0.872. The number of benzene rings is 1. The van der Waals surface area contributed by atoms with Crippen molar-refractivity contribution in [3.8, 4) is 16.9 Å². The Morgan fingerprint density at radius 1 is 1.14 bits per heavy atom. The van der Waals surface area contributed by atoms with Crippen LogP contribution < -0.4 is 10.6 Å². The van der Waals surface area contributed by atoms with Gasteiger partial charge in [0.25, 0.3) is 5.91 Å². The van der Waals surface area contributed by atoms with E-state index in [2.05, 4.69) is 14.9 Å². The molecule has 1 amide bonds. The SMILES string of the molecule is Cc1ccnc(C(C)C)c1-n1c(=O)nc(N2CCC3(CC2)CN(C(=O)C2CO2)C3)c2cc(Cl)c(-c3ccccc3F)nc21. The first-order chi connectivity index (χ1) is 20.7. The van der Waals surface area contributed by atoms with Crippen molar-refractivity contribution in [1.82, 2.24) is 24.4 Å². The number of fused-ring (bicyclic) bond motifs is 1.